The molecule has 0 saturated carbocycles. The highest BCUT2D eigenvalue weighted by atomic mass is 16.5. The van der Waals surface area contributed by atoms with E-state index in [1.165, 1.54) is 0 Å². The van der Waals surface area contributed by atoms with Gasteiger partial charge in [0.25, 0.3) is 0 Å². The maximum absolute atomic E-state index is 10.7. The van der Waals surface area contributed by atoms with Gasteiger partial charge < -0.3 is 14.7 Å². The first-order valence-corrected chi connectivity index (χ1v) is 5.78. The lowest BCUT2D eigenvalue weighted by atomic mass is 10.2. The number of nitrogens with zero attached hydrogens (tertiary/aromatic N) is 1. The van der Waals surface area contributed by atoms with E-state index in [0.717, 1.165) is 32.5 Å². The average Bonchev–Trinajstić information content (AvgIpc) is 2.65. The van der Waals surface area contributed by atoms with Gasteiger partial charge in [-0.2, -0.15) is 0 Å². The minimum atomic E-state index is -0.823. The molecular formula is C11H21NO3. The van der Waals surface area contributed by atoms with Gasteiger partial charge in [-0.25, -0.2) is 4.79 Å². The van der Waals surface area contributed by atoms with Crippen molar-refractivity contribution in [1.82, 2.24) is 4.90 Å². The van der Waals surface area contributed by atoms with Crippen LogP contribution in [0.25, 0.3) is 0 Å². The fourth-order valence-electron chi connectivity index (χ4n) is 2.00. The Hall–Kier alpha value is -0.610. The van der Waals surface area contributed by atoms with Gasteiger partial charge in [-0.05, 0) is 32.4 Å². The Morgan fingerprint density at radius 2 is 2.20 bits per heavy atom. The smallest absolute Gasteiger partial charge is 0.332 e. The second-order valence-corrected chi connectivity index (χ2v) is 4.06. The summed E-state index contributed by atoms with van der Waals surface area (Å²) in [5, 5.41) is 8.79. The van der Waals surface area contributed by atoms with E-state index in [4.69, 9.17) is 9.84 Å². The number of carboxylic acids is 1. The van der Waals surface area contributed by atoms with Crippen LogP contribution in [0.5, 0.6) is 0 Å². The molecule has 0 aliphatic carbocycles. The zero-order valence-electron chi connectivity index (χ0n) is 9.61. The van der Waals surface area contributed by atoms with Crippen LogP contribution in [-0.4, -0.2) is 47.8 Å². The van der Waals surface area contributed by atoms with Crippen LogP contribution in [0.15, 0.2) is 0 Å². The highest BCUT2D eigenvalue weighted by molar-refractivity contribution is 5.72. The molecule has 0 spiro atoms. The van der Waals surface area contributed by atoms with Crippen molar-refractivity contribution in [3.63, 3.8) is 0 Å². The Kier molecular flexibility index (Phi) is 5.05. The van der Waals surface area contributed by atoms with Crippen LogP contribution in [0.1, 0.15) is 33.1 Å². The first kappa shape index (κ1) is 12.5. The first-order valence-electron chi connectivity index (χ1n) is 5.78. The number of rotatable bonds is 6. The summed E-state index contributed by atoms with van der Waals surface area (Å²) < 4.78 is 5.46. The molecule has 1 heterocycles. The molecule has 88 valence electrons. The van der Waals surface area contributed by atoms with Crippen molar-refractivity contribution in [1.29, 1.82) is 0 Å². The Balaban J connectivity index is 2.30. The van der Waals surface area contributed by atoms with Crippen LogP contribution >= 0.6 is 0 Å². The van der Waals surface area contributed by atoms with Crippen LogP contribution in [0.2, 0.25) is 0 Å². The summed E-state index contributed by atoms with van der Waals surface area (Å²) in [6.45, 7) is 7.21. The first-order chi connectivity index (χ1) is 7.17. The lowest BCUT2D eigenvalue weighted by Gasteiger charge is -2.23. The monoisotopic (exact) mass is 215 g/mol. The van der Waals surface area contributed by atoms with Crippen LogP contribution in [0.4, 0.5) is 0 Å². The van der Waals surface area contributed by atoms with Gasteiger partial charge in [0.05, 0.1) is 6.10 Å². The Bertz CT molecular complexity index is 208. The molecule has 2 unspecified atom stereocenters. The molecule has 2 atom stereocenters. The lowest BCUT2D eigenvalue weighted by Crippen LogP contribution is -2.33. The van der Waals surface area contributed by atoms with Crippen molar-refractivity contribution in [2.45, 2.75) is 45.3 Å². The number of aliphatic carboxylic acids is 1. The van der Waals surface area contributed by atoms with E-state index in [0.29, 0.717) is 6.42 Å². The van der Waals surface area contributed by atoms with E-state index in [1.807, 2.05) is 0 Å². The number of ether oxygens (including phenoxy) is 1. The summed E-state index contributed by atoms with van der Waals surface area (Å²) in [5.41, 5.74) is 0. The molecule has 1 aliphatic rings. The van der Waals surface area contributed by atoms with E-state index in [9.17, 15) is 4.79 Å². The summed E-state index contributed by atoms with van der Waals surface area (Å²) >= 11 is 0. The number of likely N-dealkylation sites (N-methyl/N-ethyl adjacent to an activating group) is 1. The van der Waals surface area contributed by atoms with Gasteiger partial charge in [-0.3, -0.25) is 0 Å². The van der Waals surface area contributed by atoms with E-state index in [-0.39, 0.29) is 6.10 Å². The molecule has 1 rings (SSSR count). The van der Waals surface area contributed by atoms with Gasteiger partial charge >= 0.3 is 5.97 Å². The minimum Gasteiger partial charge on any atom is -0.479 e. The van der Waals surface area contributed by atoms with Gasteiger partial charge in [0.2, 0.25) is 0 Å². The number of carboxylic acid groups (broad SMARTS) is 1. The van der Waals surface area contributed by atoms with Crippen molar-refractivity contribution in [3.05, 3.63) is 0 Å². The van der Waals surface area contributed by atoms with Gasteiger partial charge in [0.1, 0.15) is 0 Å². The fraction of sp³-hybridized carbons (Fsp3) is 0.909. The molecule has 15 heavy (non-hydrogen) atoms. The Labute approximate surface area is 91.2 Å². The predicted molar refractivity (Wildman–Crippen MR) is 57.9 cm³/mol. The molecule has 0 radical (unpaired) electrons. The average molecular weight is 215 g/mol. The number of hydrogen-bond donors (Lipinski definition) is 1. The molecule has 0 aromatic rings. The van der Waals surface area contributed by atoms with Crippen molar-refractivity contribution >= 4 is 5.97 Å². The third kappa shape index (κ3) is 3.80. The summed E-state index contributed by atoms with van der Waals surface area (Å²) in [4.78, 5) is 13.0. The standard InChI is InChI=1S/C11H21NO3/c1-3-7-12(4-2)8-9-5-6-10(15-9)11(13)14/h9-10H,3-8H2,1-2H3,(H,13,14). The van der Waals surface area contributed by atoms with Crippen molar-refractivity contribution in [2.75, 3.05) is 19.6 Å². The second-order valence-electron chi connectivity index (χ2n) is 4.06. The topological polar surface area (TPSA) is 49.8 Å². The van der Waals surface area contributed by atoms with Crippen LogP contribution in [0, 0.1) is 0 Å². The maximum atomic E-state index is 10.7. The molecule has 1 saturated heterocycles. The highest BCUT2D eigenvalue weighted by Gasteiger charge is 2.30. The van der Waals surface area contributed by atoms with Crippen LogP contribution in [0.3, 0.4) is 0 Å². The molecule has 4 nitrogen and oxygen atoms in total. The molecule has 0 amide bonds. The normalized spacial score (nSPS) is 26.1. The summed E-state index contributed by atoms with van der Waals surface area (Å²) in [6, 6.07) is 0. The summed E-state index contributed by atoms with van der Waals surface area (Å²) in [5.74, 6) is -0.823. The van der Waals surface area contributed by atoms with Gasteiger partial charge in [0, 0.05) is 6.54 Å². The SMILES string of the molecule is CCCN(CC)CC1CCC(C(=O)O)O1. The number of carbonyl (C=O) groups is 1. The van der Waals surface area contributed by atoms with E-state index in [2.05, 4.69) is 18.7 Å². The zero-order valence-corrected chi connectivity index (χ0v) is 9.61. The van der Waals surface area contributed by atoms with E-state index >= 15 is 0 Å². The van der Waals surface area contributed by atoms with Gasteiger partial charge in [-0.1, -0.05) is 13.8 Å². The molecule has 1 N–H and O–H groups in total. The van der Waals surface area contributed by atoms with Gasteiger partial charge in [0.15, 0.2) is 6.10 Å². The zero-order chi connectivity index (χ0) is 11.3. The molecule has 0 aromatic heterocycles. The Morgan fingerprint density at radius 3 is 2.67 bits per heavy atom. The number of hydrogen-bond acceptors (Lipinski definition) is 3. The third-order valence-corrected chi connectivity index (χ3v) is 2.83. The Morgan fingerprint density at radius 1 is 1.47 bits per heavy atom. The van der Waals surface area contributed by atoms with Crippen molar-refractivity contribution < 1.29 is 14.6 Å². The van der Waals surface area contributed by atoms with E-state index < -0.39 is 12.1 Å². The quantitative estimate of drug-likeness (QED) is 0.726. The third-order valence-electron chi connectivity index (χ3n) is 2.83. The largest absolute Gasteiger partial charge is 0.479 e. The molecule has 1 fully saturated rings. The minimum absolute atomic E-state index is 0.109. The van der Waals surface area contributed by atoms with Crippen LogP contribution < -0.4 is 0 Å². The molecule has 0 aromatic carbocycles. The second kappa shape index (κ2) is 6.08. The van der Waals surface area contributed by atoms with Crippen LogP contribution in [-0.2, 0) is 9.53 Å². The van der Waals surface area contributed by atoms with Crippen molar-refractivity contribution in [2.24, 2.45) is 0 Å². The van der Waals surface area contributed by atoms with Gasteiger partial charge in [-0.15, -0.1) is 0 Å². The highest BCUT2D eigenvalue weighted by Crippen LogP contribution is 2.20. The lowest BCUT2D eigenvalue weighted by molar-refractivity contribution is -0.149. The molecule has 4 heteroatoms. The fourth-order valence-corrected chi connectivity index (χ4v) is 2.00. The molecular weight excluding hydrogens is 194 g/mol. The molecule has 1 aliphatic heterocycles. The summed E-state index contributed by atoms with van der Waals surface area (Å²) in [7, 11) is 0. The maximum Gasteiger partial charge on any atom is 0.332 e. The van der Waals surface area contributed by atoms with E-state index in [1.54, 1.807) is 0 Å². The molecule has 0 bridgehead atoms. The predicted octanol–water partition coefficient (Wildman–Crippen LogP) is 1.35. The van der Waals surface area contributed by atoms with Crippen molar-refractivity contribution in [3.8, 4) is 0 Å². The summed E-state index contributed by atoms with van der Waals surface area (Å²) in [6.07, 6.45) is 2.19.